The SMILES string of the molecule is CC(=O)N1Cc2ccc(-c3ncc(C)o3)cc2C=Cc2ccccc21. The minimum Gasteiger partial charge on any atom is -0.441 e. The summed E-state index contributed by atoms with van der Waals surface area (Å²) < 4.78 is 5.63. The predicted molar refractivity (Wildman–Crippen MR) is 98.9 cm³/mol. The fourth-order valence-electron chi connectivity index (χ4n) is 3.11. The number of para-hydroxylation sites is 1. The standard InChI is InChI=1S/C21H18N2O2/c1-14-12-22-21(25-14)18-9-10-19-13-23(15(2)24)20-6-4-3-5-16(20)7-8-17(19)11-18/h3-12H,13H2,1-2H3. The third kappa shape index (κ3) is 2.87. The molecule has 0 aliphatic carbocycles. The lowest BCUT2D eigenvalue weighted by Gasteiger charge is -2.26. The Kier molecular flexibility index (Phi) is 3.73. The molecule has 1 aromatic heterocycles. The zero-order valence-corrected chi connectivity index (χ0v) is 14.2. The van der Waals surface area contributed by atoms with Crippen molar-refractivity contribution in [3.63, 3.8) is 0 Å². The first-order valence-corrected chi connectivity index (χ1v) is 8.23. The lowest BCUT2D eigenvalue weighted by atomic mass is 9.99. The number of fused-ring (bicyclic) bond motifs is 2. The van der Waals surface area contributed by atoms with Crippen LogP contribution in [0.15, 0.2) is 53.1 Å². The average Bonchev–Trinajstić information content (AvgIpc) is 3.03. The molecule has 4 rings (SSSR count). The number of benzene rings is 2. The molecule has 0 bridgehead atoms. The van der Waals surface area contributed by atoms with Crippen LogP contribution >= 0.6 is 0 Å². The van der Waals surface area contributed by atoms with Gasteiger partial charge in [0.2, 0.25) is 11.8 Å². The van der Waals surface area contributed by atoms with Gasteiger partial charge in [-0.3, -0.25) is 4.79 Å². The van der Waals surface area contributed by atoms with E-state index in [1.165, 1.54) is 0 Å². The van der Waals surface area contributed by atoms with Crippen molar-refractivity contribution in [2.45, 2.75) is 20.4 Å². The number of carbonyl (C=O) groups is 1. The molecule has 124 valence electrons. The topological polar surface area (TPSA) is 46.3 Å². The predicted octanol–water partition coefficient (Wildman–Crippen LogP) is 4.69. The Morgan fingerprint density at radius 1 is 1.12 bits per heavy atom. The van der Waals surface area contributed by atoms with Crippen molar-refractivity contribution >= 4 is 23.7 Å². The molecule has 2 heterocycles. The van der Waals surface area contributed by atoms with E-state index in [-0.39, 0.29) is 5.91 Å². The molecule has 0 spiro atoms. The van der Waals surface area contributed by atoms with Crippen LogP contribution in [0.1, 0.15) is 29.4 Å². The van der Waals surface area contributed by atoms with Gasteiger partial charge in [-0.1, -0.05) is 36.4 Å². The lowest BCUT2D eigenvalue weighted by Crippen LogP contribution is -2.29. The number of carbonyl (C=O) groups excluding carboxylic acids is 1. The van der Waals surface area contributed by atoms with Crippen LogP contribution in [0.5, 0.6) is 0 Å². The van der Waals surface area contributed by atoms with Crippen molar-refractivity contribution in [3.8, 4) is 11.5 Å². The summed E-state index contributed by atoms with van der Waals surface area (Å²) in [6, 6.07) is 14.0. The molecule has 1 aliphatic heterocycles. The summed E-state index contributed by atoms with van der Waals surface area (Å²) in [7, 11) is 0. The van der Waals surface area contributed by atoms with Gasteiger partial charge < -0.3 is 9.32 Å². The Hall–Kier alpha value is -3.14. The Morgan fingerprint density at radius 3 is 2.68 bits per heavy atom. The molecule has 0 fully saturated rings. The summed E-state index contributed by atoms with van der Waals surface area (Å²) in [5.74, 6) is 1.43. The normalized spacial score (nSPS) is 13.0. The van der Waals surface area contributed by atoms with Gasteiger partial charge in [0.05, 0.1) is 18.4 Å². The average molecular weight is 330 g/mol. The number of oxazole rings is 1. The van der Waals surface area contributed by atoms with Gasteiger partial charge in [-0.2, -0.15) is 0 Å². The van der Waals surface area contributed by atoms with E-state index in [4.69, 9.17) is 4.42 Å². The molecule has 0 radical (unpaired) electrons. The number of amides is 1. The minimum atomic E-state index is 0.0288. The van der Waals surface area contributed by atoms with E-state index in [1.54, 1.807) is 13.1 Å². The number of aryl methyl sites for hydroxylation is 1. The van der Waals surface area contributed by atoms with E-state index in [0.717, 1.165) is 33.7 Å². The quantitative estimate of drug-likeness (QED) is 0.650. The highest BCUT2D eigenvalue weighted by Gasteiger charge is 2.18. The maximum atomic E-state index is 12.2. The zero-order chi connectivity index (χ0) is 17.4. The Balaban J connectivity index is 1.83. The highest BCUT2D eigenvalue weighted by molar-refractivity contribution is 5.95. The molecule has 0 unspecified atom stereocenters. The smallest absolute Gasteiger partial charge is 0.226 e. The van der Waals surface area contributed by atoms with E-state index in [9.17, 15) is 4.79 Å². The van der Waals surface area contributed by atoms with Crippen molar-refractivity contribution in [2.24, 2.45) is 0 Å². The first-order chi connectivity index (χ1) is 12.1. The van der Waals surface area contributed by atoms with Gasteiger partial charge in [-0.15, -0.1) is 0 Å². The monoisotopic (exact) mass is 330 g/mol. The second-order valence-electron chi connectivity index (χ2n) is 6.19. The van der Waals surface area contributed by atoms with Crippen molar-refractivity contribution in [3.05, 3.63) is 71.1 Å². The molecule has 4 nitrogen and oxygen atoms in total. The molecular weight excluding hydrogens is 312 g/mol. The largest absolute Gasteiger partial charge is 0.441 e. The summed E-state index contributed by atoms with van der Waals surface area (Å²) in [4.78, 5) is 18.3. The van der Waals surface area contributed by atoms with Crippen molar-refractivity contribution in [1.82, 2.24) is 4.98 Å². The maximum Gasteiger partial charge on any atom is 0.226 e. The molecule has 1 aliphatic rings. The van der Waals surface area contributed by atoms with Crippen LogP contribution in [0, 0.1) is 6.92 Å². The molecule has 1 amide bonds. The number of aromatic nitrogens is 1. The Bertz CT molecular complexity index is 985. The van der Waals surface area contributed by atoms with Crippen molar-refractivity contribution < 1.29 is 9.21 Å². The highest BCUT2D eigenvalue weighted by atomic mass is 16.4. The van der Waals surface area contributed by atoms with Crippen LogP contribution < -0.4 is 4.90 Å². The first-order valence-electron chi connectivity index (χ1n) is 8.23. The van der Waals surface area contributed by atoms with E-state index in [0.29, 0.717) is 12.4 Å². The summed E-state index contributed by atoms with van der Waals surface area (Å²) in [6.45, 7) is 4.02. The van der Waals surface area contributed by atoms with E-state index in [2.05, 4.69) is 17.1 Å². The van der Waals surface area contributed by atoms with E-state index >= 15 is 0 Å². The third-order valence-electron chi connectivity index (χ3n) is 4.39. The van der Waals surface area contributed by atoms with Crippen LogP contribution in [0.25, 0.3) is 23.6 Å². The molecule has 0 atom stereocenters. The van der Waals surface area contributed by atoms with Gasteiger partial charge in [0.1, 0.15) is 5.76 Å². The molecule has 0 saturated heterocycles. The van der Waals surface area contributed by atoms with Gasteiger partial charge in [-0.25, -0.2) is 4.98 Å². The summed E-state index contributed by atoms with van der Waals surface area (Å²) in [5, 5.41) is 0. The van der Waals surface area contributed by atoms with Crippen LogP contribution in [0.4, 0.5) is 5.69 Å². The van der Waals surface area contributed by atoms with Crippen LogP contribution in [-0.4, -0.2) is 10.9 Å². The van der Waals surface area contributed by atoms with Crippen molar-refractivity contribution in [1.29, 1.82) is 0 Å². The summed E-state index contributed by atoms with van der Waals surface area (Å²) >= 11 is 0. The van der Waals surface area contributed by atoms with E-state index < -0.39 is 0 Å². The summed E-state index contributed by atoms with van der Waals surface area (Å²) in [6.07, 6.45) is 5.86. The van der Waals surface area contributed by atoms with Crippen LogP contribution in [-0.2, 0) is 11.3 Å². The molecule has 4 heteroatoms. The number of nitrogens with zero attached hydrogens (tertiary/aromatic N) is 2. The number of hydrogen-bond acceptors (Lipinski definition) is 3. The Morgan fingerprint density at radius 2 is 1.92 bits per heavy atom. The fourth-order valence-corrected chi connectivity index (χ4v) is 3.11. The van der Waals surface area contributed by atoms with E-state index in [1.807, 2.05) is 54.3 Å². The number of anilines is 1. The van der Waals surface area contributed by atoms with Crippen LogP contribution in [0.3, 0.4) is 0 Å². The van der Waals surface area contributed by atoms with Gasteiger partial charge in [-0.05, 0) is 41.8 Å². The molecule has 3 aromatic rings. The lowest BCUT2D eigenvalue weighted by molar-refractivity contribution is -0.116. The molecule has 25 heavy (non-hydrogen) atoms. The first kappa shape index (κ1) is 15.4. The van der Waals surface area contributed by atoms with Gasteiger partial charge in [0, 0.05) is 12.5 Å². The van der Waals surface area contributed by atoms with Crippen LogP contribution in [0.2, 0.25) is 0 Å². The highest BCUT2D eigenvalue weighted by Crippen LogP contribution is 2.31. The van der Waals surface area contributed by atoms with Crippen molar-refractivity contribution in [2.75, 3.05) is 4.90 Å². The number of hydrogen-bond donors (Lipinski definition) is 0. The molecule has 2 aromatic carbocycles. The fraction of sp³-hybridized carbons (Fsp3) is 0.143. The second-order valence-corrected chi connectivity index (χ2v) is 6.19. The second kappa shape index (κ2) is 6.06. The Labute approximate surface area is 146 Å². The van der Waals surface area contributed by atoms with Gasteiger partial charge in [0.15, 0.2) is 0 Å². The third-order valence-corrected chi connectivity index (χ3v) is 4.39. The van der Waals surface area contributed by atoms with Gasteiger partial charge in [0.25, 0.3) is 0 Å². The molecule has 0 N–H and O–H groups in total. The summed E-state index contributed by atoms with van der Waals surface area (Å²) in [5.41, 5.74) is 5.05. The van der Waals surface area contributed by atoms with Gasteiger partial charge >= 0.3 is 0 Å². The maximum absolute atomic E-state index is 12.2. The molecule has 0 saturated carbocycles. The minimum absolute atomic E-state index is 0.0288. The molecular formula is C21H18N2O2. The number of rotatable bonds is 1. The zero-order valence-electron chi connectivity index (χ0n) is 14.2.